The highest BCUT2D eigenvalue weighted by atomic mass is 35.5. The van der Waals surface area contributed by atoms with Gasteiger partial charge in [-0.25, -0.2) is 4.79 Å². The van der Waals surface area contributed by atoms with Gasteiger partial charge >= 0.3 is 12.0 Å². The first-order valence-electron chi connectivity index (χ1n) is 8.84. The summed E-state index contributed by atoms with van der Waals surface area (Å²) in [4.78, 5) is 27.5. The molecule has 2 fully saturated rings. The number of halogens is 1. The van der Waals surface area contributed by atoms with Crippen LogP contribution in [-0.2, 0) is 4.79 Å². The molecule has 0 unspecified atom stereocenters. The molecule has 1 heterocycles. The number of nitrogens with two attached hydrogens (primary N) is 1. The Hall–Kier alpha value is -1.99. The van der Waals surface area contributed by atoms with Crippen LogP contribution in [0.1, 0.15) is 25.7 Å². The van der Waals surface area contributed by atoms with E-state index < -0.39 is 5.97 Å². The van der Waals surface area contributed by atoms with Gasteiger partial charge in [-0.15, -0.1) is 12.4 Å². The molecule has 0 bridgehead atoms. The highest BCUT2D eigenvalue weighted by Gasteiger charge is 2.37. The van der Waals surface area contributed by atoms with E-state index in [1.165, 1.54) is 0 Å². The fourth-order valence-corrected chi connectivity index (χ4v) is 3.67. The van der Waals surface area contributed by atoms with Crippen LogP contribution in [0, 0.1) is 5.92 Å². The minimum Gasteiger partial charge on any atom is -0.492 e. The van der Waals surface area contributed by atoms with E-state index in [1.54, 1.807) is 4.90 Å². The molecule has 2 aliphatic rings. The van der Waals surface area contributed by atoms with Crippen LogP contribution in [0.2, 0.25) is 0 Å². The largest absolute Gasteiger partial charge is 0.492 e. The van der Waals surface area contributed by atoms with Gasteiger partial charge in [-0.1, -0.05) is 0 Å². The first kappa shape index (κ1) is 20.3. The Morgan fingerprint density at radius 3 is 2.38 bits per heavy atom. The Kier molecular flexibility index (Phi) is 7.11. The van der Waals surface area contributed by atoms with Crippen LogP contribution in [0.4, 0.5) is 10.5 Å². The Balaban J connectivity index is 0.00000243. The number of anilines is 1. The maximum absolute atomic E-state index is 12.8. The number of carboxylic acid groups (broad SMARTS) is 1. The predicted molar refractivity (Wildman–Crippen MR) is 101 cm³/mol. The minimum atomic E-state index is -0.718. The maximum atomic E-state index is 12.8. The van der Waals surface area contributed by atoms with E-state index in [0.717, 1.165) is 24.3 Å². The van der Waals surface area contributed by atoms with Gasteiger partial charge in [0.25, 0.3) is 0 Å². The minimum absolute atomic E-state index is 0. The second-order valence-corrected chi connectivity index (χ2v) is 6.60. The van der Waals surface area contributed by atoms with Crippen LogP contribution in [0.15, 0.2) is 24.3 Å². The first-order chi connectivity index (χ1) is 12.1. The molecule has 144 valence electrons. The van der Waals surface area contributed by atoms with E-state index in [2.05, 4.69) is 0 Å². The normalized spacial score (nSPS) is 22.9. The lowest BCUT2D eigenvalue weighted by Gasteiger charge is -2.33. The fraction of sp³-hybridized carbons (Fsp3) is 0.556. The molecule has 7 nitrogen and oxygen atoms in total. The van der Waals surface area contributed by atoms with Crippen LogP contribution >= 0.6 is 12.4 Å². The predicted octanol–water partition coefficient (Wildman–Crippen LogP) is 2.33. The SMILES string of the molecule is Cl.NCCOc1ccc(N2CCN(C3CCC(C(=O)O)CC3)C2=O)cc1. The lowest BCUT2D eigenvalue weighted by Crippen LogP contribution is -2.42. The molecule has 0 aromatic heterocycles. The zero-order valence-corrected chi connectivity index (χ0v) is 15.5. The number of amides is 2. The van der Waals surface area contributed by atoms with Gasteiger partial charge in [-0.3, -0.25) is 9.69 Å². The van der Waals surface area contributed by atoms with Crippen molar-refractivity contribution in [2.75, 3.05) is 31.1 Å². The lowest BCUT2D eigenvalue weighted by molar-refractivity contribution is -0.143. The highest BCUT2D eigenvalue weighted by molar-refractivity contribution is 5.94. The molecule has 1 aliphatic carbocycles. The Morgan fingerprint density at radius 1 is 1.15 bits per heavy atom. The molecule has 1 aliphatic heterocycles. The molecule has 1 saturated carbocycles. The summed E-state index contributed by atoms with van der Waals surface area (Å²) in [5.41, 5.74) is 6.27. The molecule has 0 atom stereocenters. The smallest absolute Gasteiger partial charge is 0.324 e. The van der Waals surface area contributed by atoms with Gasteiger partial charge in [0.1, 0.15) is 12.4 Å². The number of carboxylic acids is 1. The summed E-state index contributed by atoms with van der Waals surface area (Å²) >= 11 is 0. The van der Waals surface area contributed by atoms with E-state index in [-0.39, 0.29) is 30.4 Å². The van der Waals surface area contributed by atoms with E-state index >= 15 is 0 Å². The summed E-state index contributed by atoms with van der Waals surface area (Å²) in [6.45, 7) is 2.27. The summed E-state index contributed by atoms with van der Waals surface area (Å²) in [5, 5.41) is 9.10. The van der Waals surface area contributed by atoms with Crippen LogP contribution in [0.3, 0.4) is 0 Å². The van der Waals surface area contributed by atoms with Crippen molar-refractivity contribution in [3.8, 4) is 5.75 Å². The number of aliphatic carboxylic acids is 1. The molecule has 3 rings (SSSR count). The van der Waals surface area contributed by atoms with Gasteiger partial charge in [-0.2, -0.15) is 0 Å². The molecule has 0 radical (unpaired) electrons. The number of ether oxygens (including phenoxy) is 1. The van der Waals surface area contributed by atoms with Gasteiger partial charge in [0.2, 0.25) is 0 Å². The summed E-state index contributed by atoms with van der Waals surface area (Å²) < 4.78 is 5.46. The van der Waals surface area contributed by atoms with Crippen molar-refractivity contribution in [2.24, 2.45) is 11.7 Å². The summed E-state index contributed by atoms with van der Waals surface area (Å²) in [6, 6.07) is 7.62. The molecule has 8 heteroatoms. The Bertz CT molecular complexity index is 617. The summed E-state index contributed by atoms with van der Waals surface area (Å²) in [7, 11) is 0. The molecule has 1 aromatic rings. The van der Waals surface area contributed by atoms with Crippen molar-refractivity contribution in [3.63, 3.8) is 0 Å². The van der Waals surface area contributed by atoms with Gasteiger partial charge in [0.05, 0.1) is 5.92 Å². The zero-order valence-electron chi connectivity index (χ0n) is 14.7. The second-order valence-electron chi connectivity index (χ2n) is 6.60. The number of carbonyl (C=O) groups excluding carboxylic acids is 1. The molecule has 0 spiro atoms. The van der Waals surface area contributed by atoms with Crippen molar-refractivity contribution in [1.82, 2.24) is 4.90 Å². The van der Waals surface area contributed by atoms with Crippen LogP contribution in [-0.4, -0.2) is 54.3 Å². The lowest BCUT2D eigenvalue weighted by atomic mass is 9.85. The van der Waals surface area contributed by atoms with Gasteiger partial charge in [0.15, 0.2) is 0 Å². The third kappa shape index (κ3) is 4.40. The van der Waals surface area contributed by atoms with Gasteiger partial charge in [-0.05, 0) is 49.9 Å². The zero-order chi connectivity index (χ0) is 17.8. The summed E-state index contributed by atoms with van der Waals surface area (Å²) in [5.74, 6) is -0.236. The molecule has 26 heavy (non-hydrogen) atoms. The maximum Gasteiger partial charge on any atom is 0.324 e. The Morgan fingerprint density at radius 2 is 1.81 bits per heavy atom. The average molecular weight is 384 g/mol. The summed E-state index contributed by atoms with van der Waals surface area (Å²) in [6.07, 6.45) is 2.83. The number of carbonyl (C=O) groups is 2. The van der Waals surface area contributed by atoms with Crippen molar-refractivity contribution >= 4 is 30.1 Å². The van der Waals surface area contributed by atoms with Crippen LogP contribution < -0.4 is 15.4 Å². The number of nitrogens with zero attached hydrogens (tertiary/aromatic N) is 2. The topological polar surface area (TPSA) is 96.1 Å². The van der Waals surface area contributed by atoms with E-state index in [9.17, 15) is 9.59 Å². The van der Waals surface area contributed by atoms with Crippen molar-refractivity contribution < 1.29 is 19.4 Å². The molecular weight excluding hydrogens is 358 g/mol. The number of hydrogen-bond donors (Lipinski definition) is 2. The second kappa shape index (κ2) is 9.09. The standard InChI is InChI=1S/C18H25N3O4.ClH/c19-9-12-25-16-7-5-15(6-8-16)21-11-10-20(18(21)24)14-3-1-13(2-4-14)17(22)23;/h5-8,13-14H,1-4,9-12,19H2,(H,22,23);1H. The molecular formula is C18H26ClN3O4. The van der Waals surface area contributed by atoms with Crippen molar-refractivity contribution in [3.05, 3.63) is 24.3 Å². The number of hydrogen-bond acceptors (Lipinski definition) is 4. The number of rotatable bonds is 6. The Labute approximate surface area is 159 Å². The van der Waals surface area contributed by atoms with E-state index in [4.69, 9.17) is 15.6 Å². The third-order valence-electron chi connectivity index (χ3n) is 5.06. The fourth-order valence-electron chi connectivity index (χ4n) is 3.67. The van der Waals surface area contributed by atoms with Crippen LogP contribution in [0.25, 0.3) is 0 Å². The quantitative estimate of drug-likeness (QED) is 0.785. The van der Waals surface area contributed by atoms with Gasteiger partial charge < -0.3 is 20.5 Å². The molecule has 1 saturated heterocycles. The molecule has 3 N–H and O–H groups in total. The highest BCUT2D eigenvalue weighted by Crippen LogP contribution is 2.31. The number of benzene rings is 1. The van der Waals surface area contributed by atoms with E-state index in [0.29, 0.717) is 39.1 Å². The monoisotopic (exact) mass is 383 g/mol. The number of urea groups is 1. The first-order valence-corrected chi connectivity index (χ1v) is 8.84. The van der Waals surface area contributed by atoms with Crippen molar-refractivity contribution in [1.29, 1.82) is 0 Å². The van der Waals surface area contributed by atoms with Gasteiger partial charge in [0, 0.05) is 31.4 Å². The molecule has 1 aromatic carbocycles. The van der Waals surface area contributed by atoms with E-state index in [1.807, 2.05) is 29.2 Å². The van der Waals surface area contributed by atoms with Crippen LogP contribution in [0.5, 0.6) is 5.75 Å². The molecule has 2 amide bonds. The average Bonchev–Trinajstić information content (AvgIpc) is 3.02. The third-order valence-corrected chi connectivity index (χ3v) is 5.06. The van der Waals surface area contributed by atoms with Crippen molar-refractivity contribution in [2.45, 2.75) is 31.7 Å².